The topological polar surface area (TPSA) is 35.5 Å². The molecular formula is C12H26N2O. The van der Waals surface area contributed by atoms with E-state index >= 15 is 0 Å². The van der Waals surface area contributed by atoms with E-state index in [0.29, 0.717) is 6.61 Å². The minimum absolute atomic E-state index is 0.291. The van der Waals surface area contributed by atoms with Gasteiger partial charge < -0.3 is 15.3 Å². The van der Waals surface area contributed by atoms with Crippen LogP contribution in [0.1, 0.15) is 39.0 Å². The second-order valence-electron chi connectivity index (χ2n) is 4.50. The molecule has 3 nitrogen and oxygen atoms in total. The smallest absolute Gasteiger partial charge is 0.0558 e. The number of rotatable bonds is 10. The molecule has 90 valence electrons. The van der Waals surface area contributed by atoms with Gasteiger partial charge in [0.05, 0.1) is 6.61 Å². The number of nitrogens with one attached hydrogen (secondary N) is 1. The first-order valence-electron chi connectivity index (χ1n) is 6.43. The Labute approximate surface area is 93.9 Å². The first-order valence-corrected chi connectivity index (χ1v) is 6.43. The number of unbranched alkanes of at least 4 members (excludes halogenated alkanes) is 1. The maximum atomic E-state index is 8.93. The molecule has 0 aliphatic heterocycles. The summed E-state index contributed by atoms with van der Waals surface area (Å²) in [6, 6.07) is 0.826. The van der Waals surface area contributed by atoms with Crippen LogP contribution in [0.5, 0.6) is 0 Å². The van der Waals surface area contributed by atoms with Crippen molar-refractivity contribution in [2.45, 2.75) is 45.1 Å². The van der Waals surface area contributed by atoms with Crippen LogP contribution in [0.3, 0.4) is 0 Å². The van der Waals surface area contributed by atoms with E-state index in [4.69, 9.17) is 5.11 Å². The van der Waals surface area contributed by atoms with Gasteiger partial charge in [-0.05, 0) is 45.3 Å². The number of hydrogen-bond donors (Lipinski definition) is 2. The van der Waals surface area contributed by atoms with Gasteiger partial charge in [-0.2, -0.15) is 0 Å². The molecule has 0 aromatic rings. The van der Waals surface area contributed by atoms with Gasteiger partial charge in [-0.3, -0.25) is 0 Å². The Kier molecular flexibility index (Phi) is 6.98. The van der Waals surface area contributed by atoms with E-state index in [1.54, 1.807) is 0 Å². The highest BCUT2D eigenvalue weighted by Gasteiger charge is 2.19. The van der Waals surface area contributed by atoms with Gasteiger partial charge in [0.15, 0.2) is 0 Å². The molecule has 0 aromatic heterocycles. The van der Waals surface area contributed by atoms with E-state index < -0.39 is 0 Å². The van der Waals surface area contributed by atoms with Crippen molar-refractivity contribution in [1.82, 2.24) is 10.2 Å². The van der Waals surface area contributed by atoms with Crippen molar-refractivity contribution in [3.63, 3.8) is 0 Å². The van der Waals surface area contributed by atoms with Gasteiger partial charge in [0.1, 0.15) is 0 Å². The van der Waals surface area contributed by atoms with E-state index in [-0.39, 0.29) is 0 Å². The van der Waals surface area contributed by atoms with E-state index in [2.05, 4.69) is 17.1 Å². The highest BCUT2D eigenvalue weighted by atomic mass is 16.3. The van der Waals surface area contributed by atoms with Crippen LogP contribution in [0.25, 0.3) is 0 Å². The molecule has 3 heteroatoms. The molecule has 2 N–H and O–H groups in total. The summed E-state index contributed by atoms with van der Waals surface area (Å²) >= 11 is 0. The third-order valence-electron chi connectivity index (χ3n) is 2.91. The van der Waals surface area contributed by atoms with Gasteiger partial charge in [-0.15, -0.1) is 0 Å². The monoisotopic (exact) mass is 214 g/mol. The molecule has 1 saturated carbocycles. The Morgan fingerprint density at radius 1 is 1.20 bits per heavy atom. The fourth-order valence-corrected chi connectivity index (χ4v) is 1.75. The molecule has 0 spiro atoms. The van der Waals surface area contributed by atoms with E-state index in [0.717, 1.165) is 32.2 Å². The van der Waals surface area contributed by atoms with Gasteiger partial charge in [0, 0.05) is 12.6 Å². The largest absolute Gasteiger partial charge is 0.395 e. The zero-order chi connectivity index (χ0) is 10.9. The summed E-state index contributed by atoms with van der Waals surface area (Å²) in [6.45, 7) is 6.74. The average molecular weight is 214 g/mol. The van der Waals surface area contributed by atoms with Crippen LogP contribution >= 0.6 is 0 Å². The quantitative estimate of drug-likeness (QED) is 0.537. The van der Waals surface area contributed by atoms with Crippen molar-refractivity contribution in [3.05, 3.63) is 0 Å². The molecule has 0 saturated heterocycles. The highest BCUT2D eigenvalue weighted by molar-refractivity contribution is 4.80. The first-order chi connectivity index (χ1) is 7.36. The predicted molar refractivity (Wildman–Crippen MR) is 64.1 cm³/mol. The Morgan fingerprint density at radius 2 is 1.93 bits per heavy atom. The number of hydrogen-bond acceptors (Lipinski definition) is 3. The van der Waals surface area contributed by atoms with E-state index in [1.807, 2.05) is 0 Å². The van der Waals surface area contributed by atoms with Crippen molar-refractivity contribution >= 4 is 0 Å². The molecule has 1 fully saturated rings. The summed E-state index contributed by atoms with van der Waals surface area (Å²) in [5, 5.41) is 12.5. The van der Waals surface area contributed by atoms with Crippen molar-refractivity contribution in [2.24, 2.45) is 0 Å². The third-order valence-corrected chi connectivity index (χ3v) is 2.91. The van der Waals surface area contributed by atoms with Crippen LogP contribution in [-0.2, 0) is 0 Å². The normalized spacial score (nSPS) is 16.2. The Balaban J connectivity index is 1.95. The minimum Gasteiger partial charge on any atom is -0.395 e. The summed E-state index contributed by atoms with van der Waals surface area (Å²) in [5.41, 5.74) is 0. The van der Waals surface area contributed by atoms with Crippen LogP contribution in [0, 0.1) is 0 Å². The second-order valence-corrected chi connectivity index (χ2v) is 4.50. The molecule has 0 bridgehead atoms. The highest BCUT2D eigenvalue weighted by Crippen LogP contribution is 2.18. The van der Waals surface area contributed by atoms with Gasteiger partial charge in [0.2, 0.25) is 0 Å². The molecule has 0 unspecified atom stereocenters. The van der Waals surface area contributed by atoms with E-state index in [1.165, 1.54) is 32.1 Å². The van der Waals surface area contributed by atoms with E-state index in [9.17, 15) is 0 Å². The summed E-state index contributed by atoms with van der Waals surface area (Å²) < 4.78 is 0. The summed E-state index contributed by atoms with van der Waals surface area (Å²) in [4.78, 5) is 2.37. The Hall–Kier alpha value is -0.120. The van der Waals surface area contributed by atoms with Crippen LogP contribution in [0.2, 0.25) is 0 Å². The third kappa shape index (κ3) is 6.88. The standard InChI is InChI=1S/C12H26N2O/c1-2-3-8-14(10-11-15)9-4-7-13-12-5-6-12/h12-13,15H,2-11H2,1H3. The number of aliphatic hydroxyl groups is 1. The Bertz CT molecular complexity index is 149. The lowest BCUT2D eigenvalue weighted by atomic mass is 10.3. The lowest BCUT2D eigenvalue weighted by Gasteiger charge is -2.20. The van der Waals surface area contributed by atoms with Gasteiger partial charge >= 0.3 is 0 Å². The van der Waals surface area contributed by atoms with Crippen molar-refractivity contribution in [1.29, 1.82) is 0 Å². The van der Waals surface area contributed by atoms with Crippen LogP contribution in [-0.4, -0.2) is 48.8 Å². The molecular weight excluding hydrogens is 188 g/mol. The minimum atomic E-state index is 0.291. The van der Waals surface area contributed by atoms with Gasteiger partial charge in [0.25, 0.3) is 0 Å². The summed E-state index contributed by atoms with van der Waals surface area (Å²) in [6.07, 6.45) is 6.44. The first kappa shape index (κ1) is 12.9. The molecule has 0 amide bonds. The molecule has 0 atom stereocenters. The van der Waals surface area contributed by atoms with Crippen molar-refractivity contribution < 1.29 is 5.11 Å². The number of aliphatic hydroxyl groups excluding tert-OH is 1. The molecule has 1 rings (SSSR count). The molecule has 1 aliphatic carbocycles. The van der Waals surface area contributed by atoms with Crippen LogP contribution < -0.4 is 5.32 Å². The predicted octanol–water partition coefficient (Wildman–Crippen LogP) is 1.22. The summed E-state index contributed by atoms with van der Waals surface area (Å²) in [5.74, 6) is 0. The van der Waals surface area contributed by atoms with Crippen LogP contribution in [0.4, 0.5) is 0 Å². The van der Waals surface area contributed by atoms with Gasteiger partial charge in [-0.1, -0.05) is 13.3 Å². The molecule has 0 aromatic carbocycles. The fourth-order valence-electron chi connectivity index (χ4n) is 1.75. The molecule has 15 heavy (non-hydrogen) atoms. The number of nitrogens with zero attached hydrogens (tertiary/aromatic N) is 1. The summed E-state index contributed by atoms with van der Waals surface area (Å²) in [7, 11) is 0. The average Bonchev–Trinajstić information content (AvgIpc) is 3.04. The molecule has 0 heterocycles. The zero-order valence-corrected chi connectivity index (χ0v) is 10.0. The second kappa shape index (κ2) is 8.08. The molecule has 0 radical (unpaired) electrons. The van der Waals surface area contributed by atoms with Crippen molar-refractivity contribution in [2.75, 3.05) is 32.8 Å². The molecule has 1 aliphatic rings. The zero-order valence-electron chi connectivity index (χ0n) is 10.0. The van der Waals surface area contributed by atoms with Crippen molar-refractivity contribution in [3.8, 4) is 0 Å². The fraction of sp³-hybridized carbons (Fsp3) is 1.00. The van der Waals surface area contributed by atoms with Gasteiger partial charge in [-0.25, -0.2) is 0 Å². The maximum Gasteiger partial charge on any atom is 0.0558 e. The lowest BCUT2D eigenvalue weighted by Crippen LogP contribution is -2.31. The van der Waals surface area contributed by atoms with Crippen LogP contribution in [0.15, 0.2) is 0 Å². The Morgan fingerprint density at radius 3 is 2.53 bits per heavy atom. The SMILES string of the molecule is CCCCN(CCO)CCCNC1CC1. The maximum absolute atomic E-state index is 8.93. The lowest BCUT2D eigenvalue weighted by molar-refractivity contribution is 0.192.